The number of anilines is 3. The Kier molecular flexibility index (Phi) is 8.83. The quantitative estimate of drug-likeness (QED) is 0.170. The van der Waals surface area contributed by atoms with E-state index in [1.807, 2.05) is 0 Å². The number of rotatable bonds is 4. The zero-order chi connectivity index (χ0) is 48.3. The van der Waals surface area contributed by atoms with Gasteiger partial charge < -0.3 is 4.90 Å². The van der Waals surface area contributed by atoms with Crippen molar-refractivity contribution in [2.75, 3.05) is 4.90 Å². The lowest BCUT2D eigenvalue weighted by atomic mass is 9.69. The third-order valence-corrected chi connectivity index (χ3v) is 17.0. The van der Waals surface area contributed by atoms with Crippen LogP contribution in [0.4, 0.5) is 17.1 Å². The molecule has 70 heavy (non-hydrogen) atoms. The zero-order valence-corrected chi connectivity index (χ0v) is 42.3. The van der Waals surface area contributed by atoms with Crippen molar-refractivity contribution in [3.05, 3.63) is 244 Å². The normalized spacial score (nSPS) is 15.6. The summed E-state index contributed by atoms with van der Waals surface area (Å²) in [5, 5.41) is 0. The van der Waals surface area contributed by atoms with Gasteiger partial charge in [0.1, 0.15) is 0 Å². The van der Waals surface area contributed by atoms with E-state index >= 15 is 0 Å². The van der Waals surface area contributed by atoms with Crippen LogP contribution in [0.25, 0.3) is 55.6 Å². The maximum Gasteiger partial charge on any atom is 0.0726 e. The van der Waals surface area contributed by atoms with Gasteiger partial charge in [0, 0.05) is 27.6 Å². The van der Waals surface area contributed by atoms with E-state index in [0.29, 0.717) is 0 Å². The second-order valence-electron chi connectivity index (χ2n) is 23.7. The van der Waals surface area contributed by atoms with Crippen molar-refractivity contribution in [1.29, 1.82) is 0 Å². The van der Waals surface area contributed by atoms with E-state index in [0.717, 1.165) is 5.69 Å². The van der Waals surface area contributed by atoms with Gasteiger partial charge in [-0.25, -0.2) is 0 Å². The Morgan fingerprint density at radius 3 is 1.37 bits per heavy atom. The number of fused-ring (bicyclic) bond motifs is 16. The molecule has 4 aliphatic rings. The monoisotopic (exact) mass is 903 g/mol. The highest BCUT2D eigenvalue weighted by Crippen LogP contribution is 2.66. The van der Waals surface area contributed by atoms with Crippen LogP contribution in [-0.2, 0) is 27.1 Å². The van der Waals surface area contributed by atoms with Crippen LogP contribution >= 0.6 is 0 Å². The second kappa shape index (κ2) is 14.4. The van der Waals surface area contributed by atoms with Crippen LogP contribution in [0, 0.1) is 0 Å². The summed E-state index contributed by atoms with van der Waals surface area (Å²) in [7, 11) is 0. The van der Waals surface area contributed by atoms with Crippen LogP contribution in [0.3, 0.4) is 0 Å². The zero-order valence-electron chi connectivity index (χ0n) is 42.3. The molecule has 4 aliphatic carbocycles. The van der Waals surface area contributed by atoms with Gasteiger partial charge in [0.05, 0.1) is 16.8 Å². The lowest BCUT2D eigenvalue weighted by Gasteiger charge is -2.34. The molecule has 0 fully saturated rings. The SMILES string of the molecule is CC(C)(C)c1ccc2c(c1)C1(c3cc(C(C)(C)C)ccc3-2)c2ccccc2-c2c(N(c3ccc4c(c3)C(C)(C)c3ccccc3-4)c3ccccc3-c3cccc4c3C(C)(C)c3ccccc3-4)cccc21. The van der Waals surface area contributed by atoms with Crippen molar-refractivity contribution in [2.24, 2.45) is 0 Å². The lowest BCUT2D eigenvalue weighted by molar-refractivity contribution is 0.586. The maximum absolute atomic E-state index is 2.63. The summed E-state index contributed by atoms with van der Waals surface area (Å²) in [5.74, 6) is 0. The maximum atomic E-state index is 2.63. The van der Waals surface area contributed by atoms with Gasteiger partial charge in [-0.2, -0.15) is 0 Å². The van der Waals surface area contributed by atoms with E-state index < -0.39 is 5.41 Å². The van der Waals surface area contributed by atoms with Crippen LogP contribution in [0.15, 0.2) is 188 Å². The van der Waals surface area contributed by atoms with Crippen molar-refractivity contribution in [2.45, 2.75) is 96.3 Å². The number of hydrogen-bond acceptors (Lipinski definition) is 1. The van der Waals surface area contributed by atoms with Gasteiger partial charge in [-0.15, -0.1) is 0 Å². The summed E-state index contributed by atoms with van der Waals surface area (Å²) in [6.45, 7) is 23.7. The molecule has 0 saturated carbocycles. The van der Waals surface area contributed by atoms with Crippen molar-refractivity contribution >= 4 is 17.1 Å². The average molecular weight is 904 g/mol. The summed E-state index contributed by atoms with van der Waals surface area (Å²) in [6, 6.07) is 72.9. The largest absolute Gasteiger partial charge is 0.309 e. The molecule has 0 aliphatic heterocycles. The predicted molar refractivity (Wildman–Crippen MR) is 295 cm³/mol. The Hall–Kier alpha value is -7.22. The average Bonchev–Trinajstić information content (AvgIpc) is 3.99. The third kappa shape index (κ3) is 5.67. The van der Waals surface area contributed by atoms with Gasteiger partial charge >= 0.3 is 0 Å². The van der Waals surface area contributed by atoms with Gasteiger partial charge in [0.25, 0.3) is 0 Å². The smallest absolute Gasteiger partial charge is 0.0726 e. The van der Waals surface area contributed by atoms with Crippen molar-refractivity contribution in [3.63, 3.8) is 0 Å². The van der Waals surface area contributed by atoms with Crippen LogP contribution < -0.4 is 4.90 Å². The Balaban J connectivity index is 1.13. The first-order valence-electron chi connectivity index (χ1n) is 25.4. The molecule has 1 heteroatoms. The Bertz CT molecular complexity index is 3630. The molecule has 1 spiro atoms. The molecular formula is C69H61N. The van der Waals surface area contributed by atoms with Gasteiger partial charge in [0.15, 0.2) is 0 Å². The minimum Gasteiger partial charge on any atom is -0.309 e. The van der Waals surface area contributed by atoms with Crippen LogP contribution in [0.5, 0.6) is 0 Å². The Morgan fingerprint density at radius 1 is 0.314 bits per heavy atom. The number of benzene rings is 9. The highest BCUT2D eigenvalue weighted by Gasteiger charge is 2.53. The van der Waals surface area contributed by atoms with E-state index in [1.54, 1.807) is 0 Å². The molecule has 9 aromatic carbocycles. The fraction of sp³-hybridized carbons (Fsp3) is 0.217. The fourth-order valence-corrected chi connectivity index (χ4v) is 13.5. The molecule has 0 unspecified atom stereocenters. The van der Waals surface area contributed by atoms with Crippen LogP contribution in [0.1, 0.15) is 125 Å². The summed E-state index contributed by atoms with van der Waals surface area (Å²) in [4.78, 5) is 2.63. The first-order valence-corrected chi connectivity index (χ1v) is 25.4. The minimum atomic E-state index is -0.530. The molecule has 0 heterocycles. The minimum absolute atomic E-state index is 0.0283. The molecule has 13 rings (SSSR count). The molecular weight excluding hydrogens is 843 g/mol. The summed E-state index contributed by atoms with van der Waals surface area (Å²) < 4.78 is 0. The van der Waals surface area contributed by atoms with Crippen LogP contribution in [-0.4, -0.2) is 0 Å². The molecule has 0 atom stereocenters. The number of para-hydroxylation sites is 1. The van der Waals surface area contributed by atoms with E-state index in [-0.39, 0.29) is 21.7 Å². The summed E-state index contributed by atoms with van der Waals surface area (Å²) >= 11 is 0. The van der Waals surface area contributed by atoms with E-state index in [1.165, 1.54) is 123 Å². The Morgan fingerprint density at radius 2 is 0.743 bits per heavy atom. The second-order valence-corrected chi connectivity index (χ2v) is 23.7. The van der Waals surface area contributed by atoms with Gasteiger partial charge in [0.2, 0.25) is 0 Å². The fourth-order valence-electron chi connectivity index (χ4n) is 13.5. The van der Waals surface area contributed by atoms with E-state index in [4.69, 9.17) is 0 Å². The molecule has 0 N–H and O–H groups in total. The highest BCUT2D eigenvalue weighted by molar-refractivity contribution is 6.03. The van der Waals surface area contributed by atoms with Crippen molar-refractivity contribution < 1.29 is 0 Å². The molecule has 0 amide bonds. The lowest BCUT2D eigenvalue weighted by Crippen LogP contribution is -2.27. The van der Waals surface area contributed by atoms with Crippen molar-refractivity contribution in [1.82, 2.24) is 0 Å². The van der Waals surface area contributed by atoms with Gasteiger partial charge in [-0.3, -0.25) is 0 Å². The van der Waals surface area contributed by atoms with Crippen LogP contribution in [0.2, 0.25) is 0 Å². The molecule has 0 aromatic heterocycles. The topological polar surface area (TPSA) is 3.24 Å². The van der Waals surface area contributed by atoms with E-state index in [2.05, 4.69) is 262 Å². The number of nitrogens with zero attached hydrogens (tertiary/aromatic N) is 1. The molecule has 9 aromatic rings. The molecule has 342 valence electrons. The van der Waals surface area contributed by atoms with Crippen molar-refractivity contribution in [3.8, 4) is 55.6 Å². The molecule has 1 nitrogen and oxygen atoms in total. The standard InChI is InChI=1S/C69H61N/c1-65(2,3)42-33-36-48-49-37-34-43(66(4,5)6)40-60(49)69(59(48)39-42)56-29-17-13-24-53(56)63-57(69)30-20-32-62(63)70(44-35-38-47-45-21-11-15-27-54(45)67(7,8)58(47)41-44)61-31-18-14-23-50(61)52-26-19-25-51-46-22-12-16-28-55(46)68(9,10)64(51)52/h11-41H,1-10H3. The van der Waals surface area contributed by atoms with Gasteiger partial charge in [-0.1, -0.05) is 233 Å². The predicted octanol–water partition coefficient (Wildman–Crippen LogP) is 18.4. The summed E-state index contributed by atoms with van der Waals surface area (Å²) in [6.07, 6.45) is 0. The first kappa shape index (κ1) is 42.8. The third-order valence-electron chi connectivity index (χ3n) is 17.0. The molecule has 0 radical (unpaired) electrons. The first-order chi connectivity index (χ1) is 33.5. The molecule has 0 saturated heterocycles. The Labute approximate surface area is 415 Å². The molecule has 0 bridgehead atoms. The number of hydrogen-bond donors (Lipinski definition) is 0. The van der Waals surface area contributed by atoms with Gasteiger partial charge in [-0.05, 0) is 135 Å². The summed E-state index contributed by atoms with van der Waals surface area (Å²) in [5.41, 5.74) is 29.3. The highest BCUT2D eigenvalue weighted by atomic mass is 15.1. The van der Waals surface area contributed by atoms with E-state index in [9.17, 15) is 0 Å².